The van der Waals surface area contributed by atoms with Gasteiger partial charge in [0.15, 0.2) is 0 Å². The minimum atomic E-state index is -0.305. The smallest absolute Gasteiger partial charge is 0.127 e. The van der Waals surface area contributed by atoms with Gasteiger partial charge in [-0.3, -0.25) is 9.98 Å². The molecule has 2 N–H and O–H groups in total. The van der Waals surface area contributed by atoms with Crippen molar-refractivity contribution in [2.45, 2.75) is 25.7 Å². The monoisotopic (exact) mass is 336 g/mol. The molecule has 128 valence electrons. The maximum absolute atomic E-state index is 13.8. The molecular weight excluding hydrogens is 315 g/mol. The van der Waals surface area contributed by atoms with Crippen LogP contribution in [0.3, 0.4) is 0 Å². The normalized spacial score (nSPS) is 11.6. The molecule has 0 bridgehead atoms. The number of aliphatic imine (C=N–C) groups is 1. The van der Waals surface area contributed by atoms with Crippen molar-refractivity contribution in [3.63, 3.8) is 0 Å². The molecule has 0 radical (unpaired) electrons. The molecule has 2 rings (SSSR count). The van der Waals surface area contributed by atoms with Gasteiger partial charge in [-0.1, -0.05) is 6.07 Å². The van der Waals surface area contributed by atoms with E-state index in [1.165, 1.54) is 12.3 Å². The van der Waals surface area contributed by atoms with E-state index in [-0.39, 0.29) is 5.82 Å². The highest BCUT2D eigenvalue weighted by molar-refractivity contribution is 6.08. The summed E-state index contributed by atoms with van der Waals surface area (Å²) in [5.74, 6) is -0.305. The lowest BCUT2D eigenvalue weighted by Gasteiger charge is -2.06. The Morgan fingerprint density at radius 2 is 2.08 bits per heavy atom. The highest BCUT2D eigenvalue weighted by Crippen LogP contribution is 2.15. The third-order valence-corrected chi connectivity index (χ3v) is 3.93. The zero-order chi connectivity index (χ0) is 18.1. The van der Waals surface area contributed by atoms with Crippen molar-refractivity contribution in [2.24, 2.45) is 10.7 Å². The van der Waals surface area contributed by atoms with Crippen LogP contribution in [0, 0.1) is 17.1 Å². The fourth-order valence-electron chi connectivity index (χ4n) is 2.62. The first-order valence-corrected chi connectivity index (χ1v) is 8.15. The number of benzene rings is 1. The Labute approximate surface area is 147 Å². The van der Waals surface area contributed by atoms with Gasteiger partial charge < -0.3 is 5.73 Å². The molecule has 0 saturated carbocycles. The second-order valence-corrected chi connectivity index (χ2v) is 5.67. The van der Waals surface area contributed by atoms with Crippen molar-refractivity contribution < 1.29 is 4.39 Å². The molecule has 1 heterocycles. The van der Waals surface area contributed by atoms with Gasteiger partial charge in [-0.05, 0) is 67.3 Å². The van der Waals surface area contributed by atoms with E-state index in [0.29, 0.717) is 17.5 Å². The molecule has 25 heavy (non-hydrogen) atoms. The number of hydrogen-bond acceptors (Lipinski definition) is 4. The highest BCUT2D eigenvalue weighted by atomic mass is 19.1. The highest BCUT2D eigenvalue weighted by Gasteiger charge is 2.05. The zero-order valence-corrected chi connectivity index (χ0v) is 14.2. The molecule has 2 aromatic rings. The molecule has 1 aromatic heterocycles. The van der Waals surface area contributed by atoms with Gasteiger partial charge >= 0.3 is 0 Å². The number of pyridine rings is 1. The molecule has 0 aliphatic carbocycles. The van der Waals surface area contributed by atoms with Gasteiger partial charge in [0.1, 0.15) is 5.82 Å². The number of aromatic nitrogens is 1. The van der Waals surface area contributed by atoms with Crippen LogP contribution in [0.5, 0.6) is 0 Å². The first kappa shape index (κ1) is 18.3. The summed E-state index contributed by atoms with van der Waals surface area (Å²) >= 11 is 0. The summed E-state index contributed by atoms with van der Waals surface area (Å²) in [5, 5.41) is 8.76. The molecule has 0 unspecified atom stereocenters. The SMILES string of the molecule is CN=C(C=CN)c1cncc(CCCCc2ccc(C#N)cc2F)c1. The average molecular weight is 336 g/mol. The molecular formula is C20H21FN4. The van der Waals surface area contributed by atoms with E-state index in [2.05, 4.69) is 16.0 Å². The summed E-state index contributed by atoms with van der Waals surface area (Å²) < 4.78 is 13.8. The summed E-state index contributed by atoms with van der Waals surface area (Å²) in [6.45, 7) is 0. The Morgan fingerprint density at radius 3 is 2.76 bits per heavy atom. The van der Waals surface area contributed by atoms with E-state index in [1.807, 2.05) is 12.3 Å². The Balaban J connectivity index is 1.91. The van der Waals surface area contributed by atoms with E-state index < -0.39 is 0 Å². The van der Waals surface area contributed by atoms with E-state index in [9.17, 15) is 4.39 Å². The lowest BCUT2D eigenvalue weighted by Crippen LogP contribution is -2.01. The Bertz CT molecular complexity index is 819. The number of rotatable bonds is 7. The largest absolute Gasteiger partial charge is 0.405 e. The zero-order valence-electron chi connectivity index (χ0n) is 14.2. The summed E-state index contributed by atoms with van der Waals surface area (Å²) in [7, 11) is 1.72. The van der Waals surface area contributed by atoms with Crippen LogP contribution in [0.1, 0.15) is 35.1 Å². The Morgan fingerprint density at radius 1 is 1.28 bits per heavy atom. The molecule has 5 heteroatoms. The van der Waals surface area contributed by atoms with Gasteiger partial charge in [-0.2, -0.15) is 5.26 Å². The first-order valence-electron chi connectivity index (χ1n) is 8.15. The molecule has 0 atom stereocenters. The van der Waals surface area contributed by atoms with Crippen LogP contribution in [0.2, 0.25) is 0 Å². The molecule has 0 spiro atoms. The summed E-state index contributed by atoms with van der Waals surface area (Å²) in [6.07, 6.45) is 10.1. The van der Waals surface area contributed by atoms with Gasteiger partial charge in [-0.15, -0.1) is 0 Å². The number of aryl methyl sites for hydroxylation is 2. The topological polar surface area (TPSA) is 75.1 Å². The Hall–Kier alpha value is -3.00. The number of nitrogens with two attached hydrogens (primary N) is 1. The molecule has 0 aliphatic heterocycles. The lowest BCUT2D eigenvalue weighted by molar-refractivity contribution is 0.599. The standard InChI is InChI=1S/C20H21FN4/c1-24-20(8-9-22)18-10-16(13-25-14-18)4-2-3-5-17-7-6-15(12-23)11-19(17)21/h6-11,13-14H,2-5,22H2,1H3. The number of nitrogens with zero attached hydrogens (tertiary/aromatic N) is 3. The lowest BCUT2D eigenvalue weighted by atomic mass is 10.0. The van der Waals surface area contributed by atoms with Crippen molar-refractivity contribution in [2.75, 3.05) is 7.05 Å². The molecule has 1 aromatic carbocycles. The van der Waals surface area contributed by atoms with Crippen LogP contribution in [0.25, 0.3) is 0 Å². The molecule has 0 saturated heterocycles. The fourth-order valence-corrected chi connectivity index (χ4v) is 2.62. The van der Waals surface area contributed by atoms with E-state index >= 15 is 0 Å². The van der Waals surface area contributed by atoms with Crippen LogP contribution >= 0.6 is 0 Å². The van der Waals surface area contributed by atoms with Gasteiger partial charge in [0, 0.05) is 25.0 Å². The third kappa shape index (κ3) is 5.25. The van der Waals surface area contributed by atoms with E-state index in [1.54, 1.807) is 31.5 Å². The van der Waals surface area contributed by atoms with E-state index in [4.69, 9.17) is 11.0 Å². The summed E-state index contributed by atoms with van der Waals surface area (Å²) in [5.41, 5.74) is 9.27. The van der Waals surface area contributed by atoms with Gasteiger partial charge in [0.2, 0.25) is 0 Å². The number of allylic oxidation sites excluding steroid dienone is 1. The van der Waals surface area contributed by atoms with Gasteiger partial charge in [0.25, 0.3) is 0 Å². The molecule has 0 aliphatic rings. The maximum atomic E-state index is 13.8. The van der Waals surface area contributed by atoms with Crippen LogP contribution in [0.4, 0.5) is 4.39 Å². The third-order valence-electron chi connectivity index (χ3n) is 3.93. The number of halogens is 1. The van der Waals surface area contributed by atoms with Crippen LogP contribution in [0.15, 0.2) is 53.9 Å². The fraction of sp³-hybridized carbons (Fsp3) is 0.250. The minimum Gasteiger partial charge on any atom is -0.405 e. The number of nitriles is 1. The predicted molar refractivity (Wildman–Crippen MR) is 97.8 cm³/mol. The first-order chi connectivity index (χ1) is 12.2. The van der Waals surface area contributed by atoms with Gasteiger partial charge in [-0.25, -0.2) is 4.39 Å². The molecule has 4 nitrogen and oxygen atoms in total. The van der Waals surface area contributed by atoms with Crippen molar-refractivity contribution in [1.29, 1.82) is 5.26 Å². The van der Waals surface area contributed by atoms with E-state index in [0.717, 1.165) is 36.1 Å². The van der Waals surface area contributed by atoms with Crippen molar-refractivity contribution in [3.8, 4) is 6.07 Å². The van der Waals surface area contributed by atoms with Gasteiger partial charge in [0.05, 0.1) is 17.3 Å². The Kier molecular flexibility index (Phi) is 6.85. The number of hydrogen-bond donors (Lipinski definition) is 1. The van der Waals surface area contributed by atoms with Crippen molar-refractivity contribution in [1.82, 2.24) is 4.98 Å². The molecule has 0 fully saturated rings. The second-order valence-electron chi connectivity index (χ2n) is 5.67. The summed E-state index contributed by atoms with van der Waals surface area (Å²) in [4.78, 5) is 8.45. The van der Waals surface area contributed by atoms with Crippen LogP contribution in [-0.4, -0.2) is 17.7 Å². The van der Waals surface area contributed by atoms with Crippen LogP contribution < -0.4 is 5.73 Å². The second kappa shape index (κ2) is 9.33. The predicted octanol–water partition coefficient (Wildman–Crippen LogP) is 3.55. The summed E-state index contributed by atoms with van der Waals surface area (Å²) in [6, 6.07) is 8.64. The minimum absolute atomic E-state index is 0.305. The van der Waals surface area contributed by atoms with Crippen molar-refractivity contribution >= 4 is 5.71 Å². The molecule has 0 amide bonds. The quantitative estimate of drug-likeness (QED) is 0.620. The van der Waals surface area contributed by atoms with Crippen LogP contribution in [-0.2, 0) is 12.8 Å². The maximum Gasteiger partial charge on any atom is 0.127 e. The number of unbranched alkanes of at least 4 members (excludes halogenated alkanes) is 1. The average Bonchev–Trinajstić information content (AvgIpc) is 2.64. The van der Waals surface area contributed by atoms with Crippen molar-refractivity contribution in [3.05, 3.63) is 77.0 Å².